The molecule has 0 spiro atoms. The van der Waals surface area contributed by atoms with E-state index in [0.29, 0.717) is 0 Å². The fourth-order valence-corrected chi connectivity index (χ4v) is 1.76. The molecule has 0 saturated heterocycles. The second kappa shape index (κ2) is 9.06. The first-order valence-electron chi connectivity index (χ1n) is 7.87. The number of ether oxygens (including phenoxy) is 2. The van der Waals surface area contributed by atoms with Gasteiger partial charge in [-0.05, 0) is 40.5 Å². The molecule has 0 radical (unpaired) electrons. The average molecular weight is 330 g/mol. The molecule has 6 heteroatoms. The van der Waals surface area contributed by atoms with Crippen LogP contribution in [0.25, 0.3) is 0 Å². The molecule has 2 unspecified atom stereocenters. The summed E-state index contributed by atoms with van der Waals surface area (Å²) >= 11 is 0. The molecule has 0 fully saturated rings. The first-order valence-corrected chi connectivity index (χ1v) is 7.87. The normalized spacial score (nSPS) is 16.4. The topological polar surface area (TPSA) is 18.5 Å². The minimum Gasteiger partial charge on any atom is -0.373 e. The van der Waals surface area contributed by atoms with Gasteiger partial charge in [-0.25, -0.2) is 17.6 Å². The van der Waals surface area contributed by atoms with Crippen LogP contribution >= 0.6 is 0 Å². The van der Waals surface area contributed by atoms with E-state index in [4.69, 9.17) is 9.47 Å². The van der Waals surface area contributed by atoms with Crippen molar-refractivity contribution in [3.8, 4) is 0 Å². The summed E-state index contributed by atoms with van der Waals surface area (Å²) in [5.41, 5.74) is 0. The molecular weight excluding hydrogens is 300 g/mol. The van der Waals surface area contributed by atoms with Crippen LogP contribution in [0.5, 0.6) is 0 Å². The second-order valence-corrected chi connectivity index (χ2v) is 6.62. The van der Waals surface area contributed by atoms with Gasteiger partial charge in [0.25, 0.3) is 11.8 Å². The van der Waals surface area contributed by atoms with E-state index in [1.807, 2.05) is 0 Å². The molecule has 2 atom stereocenters. The van der Waals surface area contributed by atoms with Gasteiger partial charge in [0.2, 0.25) is 0 Å². The van der Waals surface area contributed by atoms with Gasteiger partial charge >= 0.3 is 0 Å². The zero-order chi connectivity index (χ0) is 17.6. The van der Waals surface area contributed by atoms with E-state index in [1.165, 1.54) is 13.8 Å². The lowest BCUT2D eigenvalue weighted by atomic mass is 9.90. The summed E-state index contributed by atoms with van der Waals surface area (Å²) in [6.07, 6.45) is -0.524. The third-order valence-electron chi connectivity index (χ3n) is 3.69. The maximum absolute atomic E-state index is 13.8. The first-order chi connectivity index (χ1) is 9.88. The molecular formula is C16H30F4O2. The van der Waals surface area contributed by atoms with Crippen molar-refractivity contribution in [3.05, 3.63) is 0 Å². The number of hydrogen-bond acceptors (Lipinski definition) is 2. The van der Waals surface area contributed by atoms with Crippen LogP contribution in [-0.4, -0.2) is 37.3 Å². The van der Waals surface area contributed by atoms with Crippen LogP contribution < -0.4 is 0 Å². The van der Waals surface area contributed by atoms with Gasteiger partial charge in [0, 0.05) is 11.8 Å². The van der Waals surface area contributed by atoms with Gasteiger partial charge in [-0.15, -0.1) is 0 Å². The average Bonchev–Trinajstić information content (AvgIpc) is 2.39. The maximum Gasteiger partial charge on any atom is 0.273 e. The zero-order valence-corrected chi connectivity index (χ0v) is 14.5. The first kappa shape index (κ1) is 21.6. The highest BCUT2D eigenvalue weighted by Gasteiger charge is 2.40. The summed E-state index contributed by atoms with van der Waals surface area (Å²) in [6, 6.07) is 0. The Morgan fingerprint density at radius 2 is 0.909 bits per heavy atom. The predicted octanol–water partition coefficient (Wildman–Crippen LogP) is 5.16. The van der Waals surface area contributed by atoms with Crippen molar-refractivity contribution in [3.63, 3.8) is 0 Å². The molecule has 0 amide bonds. The molecule has 0 aliphatic heterocycles. The Kier molecular flexibility index (Phi) is 8.91. The lowest BCUT2D eigenvalue weighted by molar-refractivity contribution is -0.139. The van der Waals surface area contributed by atoms with Crippen LogP contribution in [0.3, 0.4) is 0 Å². The largest absolute Gasteiger partial charge is 0.373 e. The SMILES string of the molecule is CC(C)OCC(F)(F)C(C)CCC(C)C(F)(F)COC(C)C. The van der Waals surface area contributed by atoms with Crippen LogP contribution in [0.4, 0.5) is 17.6 Å². The Bertz CT molecular complexity index is 277. The highest BCUT2D eigenvalue weighted by Crippen LogP contribution is 2.34. The minimum absolute atomic E-state index is 0.0207. The van der Waals surface area contributed by atoms with Crippen LogP contribution in [0, 0.1) is 11.8 Å². The van der Waals surface area contributed by atoms with Crippen molar-refractivity contribution >= 4 is 0 Å². The molecule has 2 nitrogen and oxygen atoms in total. The predicted molar refractivity (Wildman–Crippen MR) is 79.6 cm³/mol. The van der Waals surface area contributed by atoms with Gasteiger partial charge in [0.1, 0.15) is 13.2 Å². The summed E-state index contributed by atoms with van der Waals surface area (Å²) in [5, 5.41) is 0. The highest BCUT2D eigenvalue weighted by atomic mass is 19.3. The Hall–Kier alpha value is -0.360. The Morgan fingerprint density at radius 1 is 0.636 bits per heavy atom. The van der Waals surface area contributed by atoms with Gasteiger partial charge in [-0.3, -0.25) is 0 Å². The molecule has 22 heavy (non-hydrogen) atoms. The number of halogens is 4. The summed E-state index contributed by atoms with van der Waals surface area (Å²) in [6.45, 7) is 8.12. The van der Waals surface area contributed by atoms with Crippen molar-refractivity contribution in [2.24, 2.45) is 11.8 Å². The molecule has 0 aliphatic rings. The van der Waals surface area contributed by atoms with Crippen LogP contribution in [-0.2, 0) is 9.47 Å². The van der Waals surface area contributed by atoms with Gasteiger partial charge in [-0.1, -0.05) is 13.8 Å². The molecule has 0 bridgehead atoms. The molecule has 0 aromatic heterocycles. The lowest BCUT2D eigenvalue weighted by Gasteiger charge is -2.28. The summed E-state index contributed by atoms with van der Waals surface area (Å²) in [7, 11) is 0. The fraction of sp³-hybridized carbons (Fsp3) is 1.00. The summed E-state index contributed by atoms with van der Waals surface area (Å²) in [4.78, 5) is 0. The van der Waals surface area contributed by atoms with E-state index >= 15 is 0 Å². The van der Waals surface area contributed by atoms with Crippen LogP contribution in [0.1, 0.15) is 54.4 Å². The number of alkyl halides is 4. The van der Waals surface area contributed by atoms with Crippen molar-refractivity contribution in [2.45, 2.75) is 78.4 Å². The number of rotatable bonds is 11. The molecule has 0 heterocycles. The smallest absolute Gasteiger partial charge is 0.273 e. The van der Waals surface area contributed by atoms with Gasteiger partial charge in [0.05, 0.1) is 12.2 Å². The zero-order valence-electron chi connectivity index (χ0n) is 14.5. The quantitative estimate of drug-likeness (QED) is 0.487. The van der Waals surface area contributed by atoms with E-state index in [9.17, 15) is 17.6 Å². The van der Waals surface area contributed by atoms with Crippen LogP contribution in [0.2, 0.25) is 0 Å². The Labute approximate surface area is 131 Å². The maximum atomic E-state index is 13.8. The summed E-state index contributed by atoms with van der Waals surface area (Å²) in [5.74, 6) is -8.02. The molecule has 0 saturated carbocycles. The van der Waals surface area contributed by atoms with E-state index in [-0.39, 0.29) is 25.0 Å². The minimum atomic E-state index is -3.01. The molecule has 0 aromatic carbocycles. The van der Waals surface area contributed by atoms with Crippen molar-refractivity contribution < 1.29 is 27.0 Å². The van der Waals surface area contributed by atoms with E-state index in [2.05, 4.69) is 0 Å². The fourth-order valence-electron chi connectivity index (χ4n) is 1.76. The van der Waals surface area contributed by atoms with Crippen molar-refractivity contribution in [1.82, 2.24) is 0 Å². The lowest BCUT2D eigenvalue weighted by Crippen LogP contribution is -2.36. The third-order valence-corrected chi connectivity index (χ3v) is 3.69. The Balaban J connectivity index is 4.34. The molecule has 0 rings (SSSR count). The highest BCUT2D eigenvalue weighted by molar-refractivity contribution is 4.79. The molecule has 134 valence electrons. The van der Waals surface area contributed by atoms with Crippen molar-refractivity contribution in [2.75, 3.05) is 13.2 Å². The molecule has 0 aromatic rings. The standard InChI is InChI=1S/C16H30F4O2/c1-11(2)21-9-15(17,18)13(5)7-8-14(6)16(19,20)10-22-12(3)4/h11-14H,7-10H2,1-6H3. The van der Waals surface area contributed by atoms with Gasteiger partial charge in [0.15, 0.2) is 0 Å². The monoisotopic (exact) mass is 330 g/mol. The van der Waals surface area contributed by atoms with Crippen LogP contribution in [0.15, 0.2) is 0 Å². The molecule has 0 N–H and O–H groups in total. The third kappa shape index (κ3) is 8.32. The van der Waals surface area contributed by atoms with E-state index < -0.39 is 36.9 Å². The van der Waals surface area contributed by atoms with E-state index in [0.717, 1.165) is 0 Å². The van der Waals surface area contributed by atoms with Gasteiger partial charge < -0.3 is 9.47 Å². The Morgan fingerprint density at radius 3 is 1.14 bits per heavy atom. The van der Waals surface area contributed by atoms with Gasteiger partial charge in [-0.2, -0.15) is 0 Å². The number of hydrogen-bond donors (Lipinski definition) is 0. The van der Waals surface area contributed by atoms with Crippen molar-refractivity contribution in [1.29, 1.82) is 0 Å². The summed E-state index contributed by atoms with van der Waals surface area (Å²) < 4.78 is 65.3. The second-order valence-electron chi connectivity index (χ2n) is 6.62. The molecule has 0 aliphatic carbocycles. The van der Waals surface area contributed by atoms with E-state index in [1.54, 1.807) is 27.7 Å².